The highest BCUT2D eigenvalue weighted by Crippen LogP contribution is 2.30. The molecule has 9 nitrogen and oxygen atoms in total. The number of ether oxygens (including phenoxy) is 1. The molecular weight excluding hydrogens is 525 g/mol. The van der Waals surface area contributed by atoms with E-state index in [2.05, 4.69) is 34.8 Å². The summed E-state index contributed by atoms with van der Waals surface area (Å²) in [5, 5.41) is 18.8. The highest BCUT2D eigenvalue weighted by Gasteiger charge is 2.38. The fourth-order valence-electron chi connectivity index (χ4n) is 4.31. The van der Waals surface area contributed by atoms with Gasteiger partial charge in [-0.05, 0) is 50.3 Å². The SMILES string of the molecule is Cc1c(NC2CCC(N)CC2)nc2ccnn2c1Nc1cccc(OCc2ccccc2)c1.O=C(O)C(F)(F)F. The first-order valence-electron chi connectivity index (χ1n) is 12.8. The summed E-state index contributed by atoms with van der Waals surface area (Å²) in [5.74, 6) is -0.167. The molecule has 1 aliphatic rings. The van der Waals surface area contributed by atoms with E-state index in [0.29, 0.717) is 18.7 Å². The Morgan fingerprint density at radius 3 is 2.48 bits per heavy atom. The highest BCUT2D eigenvalue weighted by atomic mass is 19.4. The number of benzene rings is 2. The lowest BCUT2D eigenvalue weighted by Gasteiger charge is -2.28. The van der Waals surface area contributed by atoms with E-state index in [4.69, 9.17) is 25.4 Å². The summed E-state index contributed by atoms with van der Waals surface area (Å²) < 4.78 is 39.6. The quantitative estimate of drug-likeness (QED) is 0.229. The topological polar surface area (TPSA) is 127 Å². The molecule has 0 spiro atoms. The number of anilines is 3. The maximum Gasteiger partial charge on any atom is 0.490 e. The fraction of sp³-hybridized carbons (Fsp3) is 0.321. The maximum atomic E-state index is 10.6. The molecule has 1 fully saturated rings. The minimum absolute atomic E-state index is 0.322. The molecule has 5 N–H and O–H groups in total. The lowest BCUT2D eigenvalue weighted by Crippen LogP contribution is -2.33. The summed E-state index contributed by atoms with van der Waals surface area (Å²) in [5.41, 5.74) is 9.98. The molecule has 0 bridgehead atoms. The molecule has 2 aromatic carbocycles. The zero-order valence-electron chi connectivity index (χ0n) is 21.9. The second-order valence-electron chi connectivity index (χ2n) is 9.52. The fourth-order valence-corrected chi connectivity index (χ4v) is 4.31. The van der Waals surface area contributed by atoms with Crippen molar-refractivity contribution >= 4 is 28.9 Å². The van der Waals surface area contributed by atoms with Crippen LogP contribution >= 0.6 is 0 Å². The molecule has 0 amide bonds. The Balaban J connectivity index is 0.000000470. The van der Waals surface area contributed by atoms with Crippen LogP contribution in [0.1, 0.15) is 36.8 Å². The molecule has 0 unspecified atom stereocenters. The van der Waals surface area contributed by atoms with Gasteiger partial charge in [0.25, 0.3) is 0 Å². The van der Waals surface area contributed by atoms with Gasteiger partial charge in [0.15, 0.2) is 5.65 Å². The molecule has 12 heteroatoms. The number of nitrogens with two attached hydrogens (primary N) is 1. The van der Waals surface area contributed by atoms with Crippen LogP contribution in [-0.2, 0) is 11.4 Å². The molecular formula is C28H31F3N6O3. The summed E-state index contributed by atoms with van der Waals surface area (Å²) in [7, 11) is 0. The first-order valence-corrected chi connectivity index (χ1v) is 12.8. The molecule has 0 radical (unpaired) electrons. The molecule has 0 atom stereocenters. The Kier molecular flexibility index (Phi) is 9.10. The normalized spacial score (nSPS) is 17.0. The van der Waals surface area contributed by atoms with Crippen LogP contribution in [-0.4, -0.2) is 43.9 Å². The molecule has 2 aromatic heterocycles. The summed E-state index contributed by atoms with van der Waals surface area (Å²) in [6.45, 7) is 2.60. The van der Waals surface area contributed by atoms with Gasteiger partial charge in [0.2, 0.25) is 0 Å². The van der Waals surface area contributed by atoms with Crippen LogP contribution in [0.2, 0.25) is 0 Å². The van der Waals surface area contributed by atoms with Crippen LogP contribution in [0.15, 0.2) is 66.9 Å². The van der Waals surface area contributed by atoms with Gasteiger partial charge in [-0.2, -0.15) is 22.8 Å². The molecule has 0 aliphatic heterocycles. The Bertz CT molecular complexity index is 1420. The standard InChI is InChI=1S/C26H30N6O.C2HF3O2/c1-18-25(29-21-12-10-20(27)11-13-21)31-24-14-15-28-32(24)26(18)30-22-8-5-9-23(16-22)33-17-19-6-3-2-4-7-19;3-2(4,5)1(6)7/h2-9,14-16,20-21,30H,10-13,17,27H2,1H3,(H,29,31);(H,6,7). The second-order valence-corrected chi connectivity index (χ2v) is 9.52. The van der Waals surface area contributed by atoms with Gasteiger partial charge in [-0.15, -0.1) is 0 Å². The van der Waals surface area contributed by atoms with Gasteiger partial charge < -0.3 is 26.2 Å². The van der Waals surface area contributed by atoms with Crippen LogP contribution in [0.4, 0.5) is 30.5 Å². The van der Waals surface area contributed by atoms with Crippen molar-refractivity contribution in [3.8, 4) is 5.75 Å². The van der Waals surface area contributed by atoms with Gasteiger partial charge in [0.05, 0.1) is 6.20 Å². The number of nitrogens with one attached hydrogen (secondary N) is 2. The van der Waals surface area contributed by atoms with E-state index in [1.807, 2.05) is 53.0 Å². The Morgan fingerprint density at radius 1 is 1.10 bits per heavy atom. The highest BCUT2D eigenvalue weighted by molar-refractivity contribution is 5.73. The molecule has 2 heterocycles. The monoisotopic (exact) mass is 556 g/mol. The zero-order valence-corrected chi connectivity index (χ0v) is 21.9. The Labute approximate surface area is 229 Å². The summed E-state index contributed by atoms with van der Waals surface area (Å²) >= 11 is 0. The van der Waals surface area contributed by atoms with Crippen LogP contribution in [0, 0.1) is 6.92 Å². The molecule has 0 saturated heterocycles. The molecule has 4 aromatic rings. The number of aromatic nitrogens is 3. The third-order valence-electron chi connectivity index (χ3n) is 6.47. The molecule has 212 valence electrons. The largest absolute Gasteiger partial charge is 0.490 e. The summed E-state index contributed by atoms with van der Waals surface area (Å²) in [6.07, 6.45) is 0.918. The number of nitrogens with zero attached hydrogens (tertiary/aromatic N) is 3. The van der Waals surface area contributed by atoms with Crippen molar-refractivity contribution in [3.05, 3.63) is 78.0 Å². The molecule has 1 aliphatic carbocycles. The average molecular weight is 557 g/mol. The number of rotatable bonds is 7. The van der Waals surface area contributed by atoms with Crippen molar-refractivity contribution in [2.75, 3.05) is 10.6 Å². The molecule has 5 rings (SSSR count). The number of halogens is 3. The van der Waals surface area contributed by atoms with Crippen LogP contribution < -0.4 is 21.1 Å². The van der Waals surface area contributed by atoms with Crippen molar-refractivity contribution in [3.63, 3.8) is 0 Å². The summed E-state index contributed by atoms with van der Waals surface area (Å²) in [6, 6.07) is 20.8. The van der Waals surface area contributed by atoms with E-state index in [1.54, 1.807) is 6.20 Å². The van der Waals surface area contributed by atoms with Crippen molar-refractivity contribution in [2.24, 2.45) is 5.73 Å². The number of fused-ring (bicyclic) bond motifs is 1. The molecule has 1 saturated carbocycles. The number of aliphatic carboxylic acids is 1. The smallest absolute Gasteiger partial charge is 0.489 e. The Hall–Kier alpha value is -4.32. The Morgan fingerprint density at radius 2 is 1.80 bits per heavy atom. The summed E-state index contributed by atoms with van der Waals surface area (Å²) in [4.78, 5) is 13.7. The average Bonchev–Trinajstić information content (AvgIpc) is 3.40. The first-order chi connectivity index (χ1) is 19.1. The van der Waals surface area contributed by atoms with Crippen LogP contribution in [0.3, 0.4) is 0 Å². The minimum atomic E-state index is -5.08. The number of carboxylic acid groups (broad SMARTS) is 1. The third-order valence-corrected chi connectivity index (χ3v) is 6.47. The van der Waals surface area contributed by atoms with Crippen molar-refractivity contribution < 1.29 is 27.8 Å². The predicted molar refractivity (Wildman–Crippen MR) is 146 cm³/mol. The van der Waals surface area contributed by atoms with Crippen molar-refractivity contribution in [1.29, 1.82) is 0 Å². The third kappa shape index (κ3) is 7.63. The van der Waals surface area contributed by atoms with Gasteiger partial charge in [0.1, 0.15) is 24.0 Å². The molecule has 40 heavy (non-hydrogen) atoms. The van der Waals surface area contributed by atoms with E-state index in [1.165, 1.54) is 0 Å². The van der Waals surface area contributed by atoms with E-state index in [0.717, 1.165) is 65.5 Å². The zero-order chi connectivity index (χ0) is 28.7. The van der Waals surface area contributed by atoms with E-state index in [9.17, 15) is 13.2 Å². The number of alkyl halides is 3. The maximum absolute atomic E-state index is 10.6. The second kappa shape index (κ2) is 12.7. The first kappa shape index (κ1) is 28.7. The van der Waals surface area contributed by atoms with E-state index < -0.39 is 12.1 Å². The predicted octanol–water partition coefficient (Wildman–Crippen LogP) is 5.68. The minimum Gasteiger partial charge on any atom is -0.489 e. The lowest BCUT2D eigenvalue weighted by molar-refractivity contribution is -0.192. The van der Waals surface area contributed by atoms with Gasteiger partial charge in [-0.3, -0.25) is 0 Å². The number of hydrogen-bond acceptors (Lipinski definition) is 7. The van der Waals surface area contributed by atoms with Gasteiger partial charge in [-0.25, -0.2) is 9.78 Å². The van der Waals surface area contributed by atoms with E-state index >= 15 is 0 Å². The lowest BCUT2D eigenvalue weighted by atomic mass is 9.92. The number of carbonyl (C=O) groups is 1. The van der Waals surface area contributed by atoms with Crippen molar-refractivity contribution in [1.82, 2.24) is 14.6 Å². The van der Waals surface area contributed by atoms with Crippen molar-refractivity contribution in [2.45, 2.75) is 57.5 Å². The number of hydrogen-bond donors (Lipinski definition) is 4. The van der Waals surface area contributed by atoms with E-state index in [-0.39, 0.29) is 0 Å². The van der Waals surface area contributed by atoms with Gasteiger partial charge in [-0.1, -0.05) is 36.4 Å². The van der Waals surface area contributed by atoms with Crippen LogP contribution in [0.5, 0.6) is 5.75 Å². The van der Waals surface area contributed by atoms with Gasteiger partial charge >= 0.3 is 12.1 Å². The number of carboxylic acids is 1. The van der Waals surface area contributed by atoms with Crippen LogP contribution in [0.25, 0.3) is 5.65 Å². The van der Waals surface area contributed by atoms with Gasteiger partial charge in [0, 0.05) is 35.5 Å².